The molecular weight excluding hydrogens is 246 g/mol. The second kappa shape index (κ2) is 4.63. The van der Waals surface area contributed by atoms with E-state index < -0.39 is 0 Å². The Morgan fingerprint density at radius 3 is 2.89 bits per heavy atom. The molecule has 2 aromatic rings. The van der Waals surface area contributed by atoms with E-state index in [-0.39, 0.29) is 0 Å². The first-order valence-electron chi connectivity index (χ1n) is 5.88. The van der Waals surface area contributed by atoms with Gasteiger partial charge in [-0.1, -0.05) is 35.9 Å². The monoisotopic (exact) mass is 258 g/mol. The van der Waals surface area contributed by atoms with E-state index in [1.54, 1.807) is 0 Å². The van der Waals surface area contributed by atoms with Crippen molar-refractivity contribution in [2.24, 2.45) is 5.73 Å². The summed E-state index contributed by atoms with van der Waals surface area (Å²) in [6.07, 6.45) is 0.856. The number of hydrogen-bond donors (Lipinski definition) is 1. The molecule has 1 heterocycles. The van der Waals surface area contributed by atoms with Crippen molar-refractivity contribution in [3.8, 4) is 16.9 Å². The second-order valence-corrected chi connectivity index (χ2v) is 4.72. The van der Waals surface area contributed by atoms with Crippen LogP contribution >= 0.6 is 11.6 Å². The van der Waals surface area contributed by atoms with Gasteiger partial charge in [0.05, 0.1) is 0 Å². The molecule has 0 fully saturated rings. The highest BCUT2D eigenvalue weighted by Gasteiger charge is 2.18. The van der Waals surface area contributed by atoms with Gasteiger partial charge in [-0.15, -0.1) is 0 Å². The van der Waals surface area contributed by atoms with Crippen LogP contribution in [0.2, 0.25) is 5.02 Å². The lowest BCUT2D eigenvalue weighted by Gasteiger charge is -2.12. The third-order valence-electron chi connectivity index (χ3n) is 3.18. The van der Waals surface area contributed by atoms with Gasteiger partial charge in [-0.2, -0.15) is 0 Å². The molecule has 0 aliphatic carbocycles. The van der Waals surface area contributed by atoms with Crippen molar-refractivity contribution in [3.05, 3.63) is 59.2 Å². The maximum absolute atomic E-state index is 6.01. The average molecular weight is 259 g/mol. The molecule has 18 heavy (non-hydrogen) atoms. The van der Waals surface area contributed by atoms with Crippen LogP contribution in [0.15, 0.2) is 36.4 Å². The van der Waals surface area contributed by atoms with Gasteiger partial charge in [0.1, 0.15) is 12.4 Å². The van der Waals surface area contributed by atoms with E-state index in [9.17, 15) is 0 Å². The zero-order valence-electron chi connectivity index (χ0n) is 9.82. The van der Waals surface area contributed by atoms with Gasteiger partial charge in [0.2, 0.25) is 0 Å². The van der Waals surface area contributed by atoms with Gasteiger partial charge in [-0.25, -0.2) is 0 Å². The van der Waals surface area contributed by atoms with Crippen molar-refractivity contribution in [1.82, 2.24) is 0 Å². The lowest BCUT2D eigenvalue weighted by atomic mass is 9.97. The normalized spacial score (nSPS) is 13.2. The second-order valence-electron chi connectivity index (χ2n) is 4.29. The van der Waals surface area contributed by atoms with E-state index in [1.165, 1.54) is 5.56 Å². The van der Waals surface area contributed by atoms with Gasteiger partial charge in [-0.05, 0) is 28.8 Å². The van der Waals surface area contributed by atoms with Crippen molar-refractivity contribution in [1.29, 1.82) is 0 Å². The van der Waals surface area contributed by atoms with Crippen LogP contribution in [-0.4, -0.2) is 0 Å². The summed E-state index contributed by atoms with van der Waals surface area (Å²) < 4.78 is 5.61. The number of hydrogen-bond acceptors (Lipinski definition) is 2. The quantitative estimate of drug-likeness (QED) is 0.894. The predicted molar refractivity (Wildman–Crippen MR) is 73.4 cm³/mol. The first kappa shape index (κ1) is 11.6. The number of ether oxygens (including phenoxy) is 1. The largest absolute Gasteiger partial charge is 0.485 e. The smallest absolute Gasteiger partial charge is 0.140 e. The van der Waals surface area contributed by atoms with Crippen molar-refractivity contribution >= 4 is 11.6 Å². The molecule has 0 aromatic heterocycles. The molecule has 2 N–H and O–H groups in total. The van der Waals surface area contributed by atoms with Crippen LogP contribution < -0.4 is 10.5 Å². The number of nitrogens with two attached hydrogens (primary N) is 1. The Morgan fingerprint density at radius 1 is 1.17 bits per heavy atom. The average Bonchev–Trinajstić information content (AvgIpc) is 2.86. The maximum atomic E-state index is 6.01. The highest BCUT2D eigenvalue weighted by molar-refractivity contribution is 6.30. The van der Waals surface area contributed by atoms with Crippen LogP contribution in [-0.2, 0) is 13.0 Å². The van der Waals surface area contributed by atoms with Crippen molar-refractivity contribution < 1.29 is 4.74 Å². The SMILES string of the molecule is NCc1cc(Cl)ccc1-c1cccc2c1O[CH]C2. The van der Waals surface area contributed by atoms with Crippen molar-refractivity contribution in [3.63, 3.8) is 0 Å². The Hall–Kier alpha value is -1.51. The molecule has 0 bridgehead atoms. The maximum Gasteiger partial charge on any atom is 0.140 e. The van der Waals surface area contributed by atoms with Gasteiger partial charge in [0.15, 0.2) is 0 Å². The first-order valence-corrected chi connectivity index (χ1v) is 6.26. The summed E-state index contributed by atoms with van der Waals surface area (Å²) in [6, 6.07) is 12.0. The zero-order valence-corrected chi connectivity index (χ0v) is 10.6. The molecule has 3 rings (SSSR count). The van der Waals surface area contributed by atoms with E-state index in [1.807, 2.05) is 30.9 Å². The molecule has 1 radical (unpaired) electrons. The molecule has 0 spiro atoms. The highest BCUT2D eigenvalue weighted by atomic mass is 35.5. The third kappa shape index (κ3) is 1.88. The van der Waals surface area contributed by atoms with Crippen LogP contribution in [0.25, 0.3) is 11.1 Å². The molecule has 1 aliphatic heterocycles. The fraction of sp³-hybridized carbons (Fsp3) is 0.133. The lowest BCUT2D eigenvalue weighted by molar-refractivity contribution is 0.436. The minimum atomic E-state index is 0.462. The van der Waals surface area contributed by atoms with Crippen molar-refractivity contribution in [2.75, 3.05) is 0 Å². The summed E-state index contributed by atoms with van der Waals surface area (Å²) in [5, 5.41) is 0.708. The molecule has 2 nitrogen and oxygen atoms in total. The Morgan fingerprint density at radius 2 is 2.06 bits per heavy atom. The number of rotatable bonds is 2. The van der Waals surface area contributed by atoms with Crippen LogP contribution in [0.1, 0.15) is 11.1 Å². The summed E-state index contributed by atoms with van der Waals surface area (Å²) in [7, 11) is 0. The molecule has 91 valence electrons. The highest BCUT2D eigenvalue weighted by Crippen LogP contribution is 2.39. The van der Waals surface area contributed by atoms with Crippen LogP contribution in [0, 0.1) is 6.61 Å². The summed E-state index contributed by atoms with van der Waals surface area (Å²) in [5.74, 6) is 0.939. The molecule has 2 aromatic carbocycles. The van der Waals surface area contributed by atoms with E-state index >= 15 is 0 Å². The fourth-order valence-corrected chi connectivity index (χ4v) is 2.50. The van der Waals surface area contributed by atoms with E-state index in [2.05, 4.69) is 12.1 Å². The van der Waals surface area contributed by atoms with Crippen molar-refractivity contribution in [2.45, 2.75) is 13.0 Å². The predicted octanol–water partition coefficient (Wildman–Crippen LogP) is 3.56. The topological polar surface area (TPSA) is 35.2 Å². The van der Waals surface area contributed by atoms with Gasteiger partial charge in [0, 0.05) is 23.6 Å². The summed E-state index contributed by atoms with van der Waals surface area (Å²) in [4.78, 5) is 0. The summed E-state index contributed by atoms with van der Waals surface area (Å²) in [5.41, 5.74) is 10.2. The minimum absolute atomic E-state index is 0.462. The zero-order chi connectivity index (χ0) is 12.5. The lowest BCUT2D eigenvalue weighted by Crippen LogP contribution is -1.99. The fourth-order valence-electron chi connectivity index (χ4n) is 2.31. The Bertz CT molecular complexity index is 595. The Labute approximate surface area is 111 Å². The molecule has 0 unspecified atom stereocenters. The molecule has 3 heteroatoms. The molecule has 0 saturated carbocycles. The van der Waals surface area contributed by atoms with Gasteiger partial charge in [-0.3, -0.25) is 0 Å². The number of benzene rings is 2. The first-order chi connectivity index (χ1) is 8.79. The van der Waals surface area contributed by atoms with Gasteiger partial charge < -0.3 is 10.5 Å². The standard InChI is InChI=1S/C15H13ClNO/c16-12-4-5-13(11(8-12)9-17)14-3-1-2-10-6-7-18-15(10)14/h1-5,7-8H,6,9,17H2. The Balaban J connectivity index is 2.19. The number of halogens is 1. The van der Waals surface area contributed by atoms with Crippen LogP contribution in [0.5, 0.6) is 5.75 Å². The summed E-state index contributed by atoms with van der Waals surface area (Å²) >= 11 is 6.01. The number of fused-ring (bicyclic) bond motifs is 1. The minimum Gasteiger partial charge on any atom is -0.485 e. The van der Waals surface area contributed by atoms with Gasteiger partial charge >= 0.3 is 0 Å². The molecule has 0 saturated heterocycles. The number of para-hydroxylation sites is 1. The molecule has 1 aliphatic rings. The van der Waals surface area contributed by atoms with Crippen LogP contribution in [0.3, 0.4) is 0 Å². The van der Waals surface area contributed by atoms with Crippen LogP contribution in [0.4, 0.5) is 0 Å². The van der Waals surface area contributed by atoms with E-state index in [0.29, 0.717) is 11.6 Å². The Kier molecular flexibility index (Phi) is 2.98. The molecule has 0 amide bonds. The summed E-state index contributed by atoms with van der Waals surface area (Å²) in [6.45, 7) is 2.29. The molecule has 0 atom stereocenters. The van der Waals surface area contributed by atoms with E-state index in [4.69, 9.17) is 22.1 Å². The molecular formula is C15H13ClNO. The van der Waals surface area contributed by atoms with E-state index in [0.717, 1.165) is 28.9 Å². The third-order valence-corrected chi connectivity index (χ3v) is 3.41. The van der Waals surface area contributed by atoms with Gasteiger partial charge in [0.25, 0.3) is 0 Å².